The summed E-state index contributed by atoms with van der Waals surface area (Å²) in [6, 6.07) is 5.04. The van der Waals surface area contributed by atoms with E-state index in [4.69, 9.17) is 11.6 Å². The van der Waals surface area contributed by atoms with E-state index in [1.165, 1.54) is 18.9 Å². The number of benzene rings is 1. The lowest BCUT2D eigenvalue weighted by Crippen LogP contribution is -2.36. The molecule has 1 saturated carbocycles. The summed E-state index contributed by atoms with van der Waals surface area (Å²) >= 11 is 5.81. The zero-order chi connectivity index (χ0) is 13.9. The minimum absolute atomic E-state index is 0.157. The highest BCUT2D eigenvalue weighted by Gasteiger charge is 2.41. The Balaban J connectivity index is 2.07. The SMILES string of the molecule is CCCNCC(C)(Cc1ccc(Cl)cc1F)C1CC1. The van der Waals surface area contributed by atoms with Crippen LogP contribution in [0.1, 0.15) is 38.7 Å². The van der Waals surface area contributed by atoms with Crippen LogP contribution in [0.25, 0.3) is 0 Å². The van der Waals surface area contributed by atoms with Crippen molar-refractivity contribution in [3.8, 4) is 0 Å². The van der Waals surface area contributed by atoms with Crippen LogP contribution >= 0.6 is 11.6 Å². The highest BCUT2D eigenvalue weighted by atomic mass is 35.5. The lowest BCUT2D eigenvalue weighted by molar-refractivity contribution is 0.253. The summed E-state index contributed by atoms with van der Waals surface area (Å²) in [6.07, 6.45) is 4.48. The molecule has 106 valence electrons. The average molecular weight is 284 g/mol. The van der Waals surface area contributed by atoms with E-state index in [2.05, 4.69) is 19.2 Å². The third kappa shape index (κ3) is 3.93. The van der Waals surface area contributed by atoms with Crippen molar-refractivity contribution in [2.75, 3.05) is 13.1 Å². The van der Waals surface area contributed by atoms with E-state index in [9.17, 15) is 4.39 Å². The Bertz CT molecular complexity index is 431. The first kappa shape index (κ1) is 14.8. The van der Waals surface area contributed by atoms with Crippen LogP contribution in [0.3, 0.4) is 0 Å². The highest BCUT2D eigenvalue weighted by Crippen LogP contribution is 2.47. The van der Waals surface area contributed by atoms with Crippen molar-refractivity contribution in [2.45, 2.75) is 39.5 Å². The Hall–Kier alpha value is -0.600. The molecule has 0 bridgehead atoms. The van der Waals surface area contributed by atoms with Crippen LogP contribution in [0, 0.1) is 17.2 Å². The van der Waals surface area contributed by atoms with Gasteiger partial charge in [0.2, 0.25) is 0 Å². The molecule has 1 nitrogen and oxygen atoms in total. The molecule has 3 heteroatoms. The van der Waals surface area contributed by atoms with Crippen LogP contribution in [0.4, 0.5) is 4.39 Å². The fourth-order valence-electron chi connectivity index (χ4n) is 2.78. The summed E-state index contributed by atoms with van der Waals surface area (Å²) in [5.74, 6) is 0.557. The maximum atomic E-state index is 13.9. The number of nitrogens with one attached hydrogen (secondary N) is 1. The normalized spacial score (nSPS) is 18.3. The first-order valence-corrected chi connectivity index (χ1v) is 7.57. The molecule has 1 N–H and O–H groups in total. The highest BCUT2D eigenvalue weighted by molar-refractivity contribution is 6.30. The van der Waals surface area contributed by atoms with Gasteiger partial charge in [0.05, 0.1) is 0 Å². The summed E-state index contributed by atoms with van der Waals surface area (Å²) in [5.41, 5.74) is 0.946. The lowest BCUT2D eigenvalue weighted by Gasteiger charge is -2.30. The number of halogens is 2. The monoisotopic (exact) mass is 283 g/mol. The van der Waals surface area contributed by atoms with E-state index >= 15 is 0 Å². The largest absolute Gasteiger partial charge is 0.316 e. The molecule has 1 aromatic carbocycles. The van der Waals surface area contributed by atoms with Gasteiger partial charge < -0.3 is 5.32 Å². The molecule has 0 radical (unpaired) electrons. The third-order valence-corrected chi connectivity index (χ3v) is 4.36. The van der Waals surface area contributed by atoms with Gasteiger partial charge in [-0.3, -0.25) is 0 Å². The molecule has 1 unspecified atom stereocenters. The van der Waals surface area contributed by atoms with Crippen molar-refractivity contribution in [1.29, 1.82) is 0 Å². The molecule has 19 heavy (non-hydrogen) atoms. The first-order chi connectivity index (χ1) is 9.05. The Morgan fingerprint density at radius 3 is 2.74 bits per heavy atom. The second kappa shape index (κ2) is 6.23. The average Bonchev–Trinajstić information content (AvgIpc) is 3.18. The van der Waals surface area contributed by atoms with E-state index < -0.39 is 0 Å². The van der Waals surface area contributed by atoms with E-state index in [1.54, 1.807) is 6.07 Å². The van der Waals surface area contributed by atoms with Crippen molar-refractivity contribution in [3.05, 3.63) is 34.6 Å². The zero-order valence-corrected chi connectivity index (χ0v) is 12.6. The quantitative estimate of drug-likeness (QED) is 0.730. The summed E-state index contributed by atoms with van der Waals surface area (Å²) < 4.78 is 13.9. The fourth-order valence-corrected chi connectivity index (χ4v) is 2.94. The smallest absolute Gasteiger partial charge is 0.127 e. The van der Waals surface area contributed by atoms with Crippen molar-refractivity contribution in [3.63, 3.8) is 0 Å². The van der Waals surface area contributed by atoms with Crippen LogP contribution < -0.4 is 5.32 Å². The minimum Gasteiger partial charge on any atom is -0.316 e. The predicted octanol–water partition coefficient (Wildman–Crippen LogP) is 4.44. The predicted molar refractivity (Wildman–Crippen MR) is 79.1 cm³/mol. The molecule has 1 fully saturated rings. The van der Waals surface area contributed by atoms with Crippen molar-refractivity contribution < 1.29 is 4.39 Å². The van der Waals surface area contributed by atoms with Crippen molar-refractivity contribution in [2.24, 2.45) is 11.3 Å². The van der Waals surface area contributed by atoms with E-state index in [1.807, 2.05) is 6.07 Å². The van der Waals surface area contributed by atoms with Gasteiger partial charge in [0, 0.05) is 11.6 Å². The maximum absolute atomic E-state index is 13.9. The molecule has 0 heterocycles. The maximum Gasteiger partial charge on any atom is 0.127 e. The molecular weight excluding hydrogens is 261 g/mol. The summed E-state index contributed by atoms with van der Waals surface area (Å²) in [6.45, 7) is 6.45. The second-order valence-corrected chi connectivity index (χ2v) is 6.45. The number of rotatable bonds is 7. The molecule has 1 aliphatic rings. The third-order valence-electron chi connectivity index (χ3n) is 4.13. The first-order valence-electron chi connectivity index (χ1n) is 7.20. The molecular formula is C16H23ClFN. The molecule has 2 rings (SSSR count). The van der Waals surface area contributed by atoms with Crippen molar-refractivity contribution >= 4 is 11.6 Å². The van der Waals surface area contributed by atoms with Crippen molar-refractivity contribution in [1.82, 2.24) is 5.32 Å². The van der Waals surface area contributed by atoms with Gasteiger partial charge in [-0.15, -0.1) is 0 Å². The molecule has 0 saturated heterocycles. The van der Waals surface area contributed by atoms with E-state index in [-0.39, 0.29) is 11.2 Å². The molecule has 0 aliphatic heterocycles. The second-order valence-electron chi connectivity index (χ2n) is 6.02. The molecule has 0 spiro atoms. The molecule has 0 aromatic heterocycles. The topological polar surface area (TPSA) is 12.0 Å². The number of hydrogen-bond acceptors (Lipinski definition) is 1. The van der Waals surface area contributed by atoms with Gasteiger partial charge in [0.25, 0.3) is 0 Å². The Morgan fingerprint density at radius 2 is 2.16 bits per heavy atom. The molecule has 1 aromatic rings. The van der Waals surface area contributed by atoms with Gasteiger partial charge >= 0.3 is 0 Å². The Kier molecular flexibility index (Phi) is 4.86. The van der Waals surface area contributed by atoms with Crippen LogP contribution in [0.2, 0.25) is 5.02 Å². The van der Waals surface area contributed by atoms with E-state index in [0.29, 0.717) is 5.02 Å². The van der Waals surface area contributed by atoms with Crippen LogP contribution in [0.5, 0.6) is 0 Å². The van der Waals surface area contributed by atoms with Gasteiger partial charge in [-0.25, -0.2) is 4.39 Å². The zero-order valence-electron chi connectivity index (χ0n) is 11.8. The molecule has 0 amide bonds. The minimum atomic E-state index is -0.171. The van der Waals surface area contributed by atoms with Crippen LogP contribution in [0.15, 0.2) is 18.2 Å². The summed E-state index contributed by atoms with van der Waals surface area (Å²) in [4.78, 5) is 0. The fraction of sp³-hybridized carbons (Fsp3) is 0.625. The molecule has 1 aliphatic carbocycles. The van der Waals surface area contributed by atoms with Crippen LogP contribution in [-0.4, -0.2) is 13.1 Å². The summed E-state index contributed by atoms with van der Waals surface area (Å²) in [5, 5.41) is 3.97. The molecule has 1 atom stereocenters. The van der Waals surface area contributed by atoms with Gasteiger partial charge in [0.15, 0.2) is 0 Å². The van der Waals surface area contributed by atoms with Gasteiger partial charge in [-0.1, -0.05) is 31.5 Å². The lowest BCUT2D eigenvalue weighted by atomic mass is 9.78. The summed E-state index contributed by atoms with van der Waals surface area (Å²) in [7, 11) is 0. The standard InChI is InChI=1S/C16H23ClFN/c1-3-8-19-11-16(2,13-5-6-13)10-12-4-7-14(17)9-15(12)18/h4,7,9,13,19H,3,5-6,8,10-11H2,1-2H3. The number of hydrogen-bond donors (Lipinski definition) is 1. The Morgan fingerprint density at radius 1 is 1.42 bits per heavy atom. The van der Waals surface area contributed by atoms with Gasteiger partial charge in [-0.2, -0.15) is 0 Å². The Labute approximate surface area is 120 Å². The van der Waals surface area contributed by atoms with Crippen LogP contribution in [-0.2, 0) is 6.42 Å². The van der Waals surface area contributed by atoms with Gasteiger partial charge in [-0.05, 0) is 61.3 Å². The van der Waals surface area contributed by atoms with E-state index in [0.717, 1.165) is 37.4 Å². The van der Waals surface area contributed by atoms with Gasteiger partial charge in [0.1, 0.15) is 5.82 Å².